The molecule has 224 valence electrons. The number of piperidine rings is 1. The summed E-state index contributed by atoms with van der Waals surface area (Å²) in [6.45, 7) is 0.829. The van der Waals surface area contributed by atoms with Crippen LogP contribution in [0.25, 0.3) is 5.65 Å². The van der Waals surface area contributed by atoms with Crippen LogP contribution in [-0.2, 0) is 23.2 Å². The van der Waals surface area contributed by atoms with Gasteiger partial charge in [-0.2, -0.15) is 18.0 Å². The number of hydrogen-bond acceptors (Lipinski definition) is 6. The number of ketones is 1. The standard InChI is InChI=1S/C33H32N6O4S/c34-44(42,43)38(23-25-12-6-2-7-13-25)32-29(33(41)37-18-16-27(17-19-37)26-14-8-3-9-15-26)21-35-31-28(22-36-39(31)32)30(40)20-24-10-4-1-5-11-24/h1-15,21-22,27H,16-20,23H2,(H2,34,42,43). The molecule has 0 unspecified atom stereocenters. The van der Waals surface area contributed by atoms with Gasteiger partial charge in [0.2, 0.25) is 0 Å². The van der Waals surface area contributed by atoms with E-state index in [1.165, 1.54) is 22.5 Å². The van der Waals surface area contributed by atoms with Crippen molar-refractivity contribution in [1.82, 2.24) is 19.5 Å². The van der Waals surface area contributed by atoms with Crippen LogP contribution in [0, 0.1) is 0 Å². The van der Waals surface area contributed by atoms with Crippen molar-refractivity contribution in [3.05, 3.63) is 131 Å². The number of likely N-dealkylation sites (tertiary alicyclic amines) is 1. The molecule has 0 bridgehead atoms. The lowest BCUT2D eigenvalue weighted by Gasteiger charge is -2.33. The fraction of sp³-hybridized carbons (Fsp3) is 0.212. The van der Waals surface area contributed by atoms with Gasteiger partial charge in [0.15, 0.2) is 17.2 Å². The molecule has 1 amide bonds. The molecule has 6 rings (SSSR count). The van der Waals surface area contributed by atoms with E-state index in [9.17, 15) is 18.0 Å². The molecular formula is C33H32N6O4S. The molecule has 1 aliphatic heterocycles. The van der Waals surface area contributed by atoms with Crippen LogP contribution in [0.2, 0.25) is 0 Å². The summed E-state index contributed by atoms with van der Waals surface area (Å²) in [5.41, 5.74) is 3.09. The SMILES string of the molecule is NS(=O)(=O)N(Cc1ccccc1)c1c(C(=O)N2CCC(c3ccccc3)CC2)cnc2c(C(=O)Cc3ccccc3)cnn12. The first-order valence-corrected chi connectivity index (χ1v) is 15.9. The molecule has 0 radical (unpaired) electrons. The van der Waals surface area contributed by atoms with Crippen molar-refractivity contribution in [1.29, 1.82) is 0 Å². The fourth-order valence-electron chi connectivity index (χ4n) is 5.73. The molecule has 0 saturated carbocycles. The molecule has 10 nitrogen and oxygen atoms in total. The molecule has 44 heavy (non-hydrogen) atoms. The van der Waals surface area contributed by atoms with Crippen LogP contribution in [-0.4, -0.2) is 52.7 Å². The Labute approximate surface area is 255 Å². The Morgan fingerprint density at radius 3 is 2.02 bits per heavy atom. The number of hydrogen-bond donors (Lipinski definition) is 1. The number of rotatable bonds is 9. The average Bonchev–Trinajstić information content (AvgIpc) is 3.49. The van der Waals surface area contributed by atoms with Crippen molar-refractivity contribution in [2.24, 2.45) is 5.14 Å². The minimum absolute atomic E-state index is 0.0331. The fourth-order valence-corrected chi connectivity index (χ4v) is 6.47. The van der Waals surface area contributed by atoms with Crippen LogP contribution < -0.4 is 9.44 Å². The lowest BCUT2D eigenvalue weighted by Crippen LogP contribution is -2.42. The maximum atomic E-state index is 14.1. The number of carbonyl (C=O) groups excluding carboxylic acids is 2. The average molecular weight is 609 g/mol. The van der Waals surface area contributed by atoms with Crippen molar-refractivity contribution in [2.75, 3.05) is 17.4 Å². The molecule has 3 heterocycles. The molecular weight excluding hydrogens is 576 g/mol. The molecule has 11 heteroatoms. The number of nitrogens with zero attached hydrogens (tertiary/aromatic N) is 5. The van der Waals surface area contributed by atoms with Gasteiger partial charge < -0.3 is 4.90 Å². The number of fused-ring (bicyclic) bond motifs is 1. The lowest BCUT2D eigenvalue weighted by atomic mass is 9.89. The van der Waals surface area contributed by atoms with Crippen molar-refractivity contribution < 1.29 is 18.0 Å². The highest BCUT2D eigenvalue weighted by atomic mass is 32.2. The molecule has 1 fully saturated rings. The van der Waals surface area contributed by atoms with Crippen LogP contribution in [0.15, 0.2) is 103 Å². The van der Waals surface area contributed by atoms with E-state index >= 15 is 0 Å². The zero-order chi connectivity index (χ0) is 30.7. The van der Waals surface area contributed by atoms with Crippen LogP contribution in [0.5, 0.6) is 0 Å². The van der Waals surface area contributed by atoms with E-state index in [1.807, 2.05) is 54.6 Å². The second-order valence-electron chi connectivity index (χ2n) is 10.9. The van der Waals surface area contributed by atoms with Crippen molar-refractivity contribution in [3.63, 3.8) is 0 Å². The van der Waals surface area contributed by atoms with Gasteiger partial charge in [-0.3, -0.25) is 9.59 Å². The van der Waals surface area contributed by atoms with Gasteiger partial charge in [0.05, 0.1) is 18.3 Å². The maximum Gasteiger partial charge on any atom is 0.300 e. The Hall–Kier alpha value is -4.87. The monoisotopic (exact) mass is 608 g/mol. The highest BCUT2D eigenvalue weighted by Crippen LogP contribution is 2.32. The zero-order valence-corrected chi connectivity index (χ0v) is 24.8. The number of amides is 1. The number of benzene rings is 3. The first kappa shape index (κ1) is 29.2. The molecule has 0 atom stereocenters. The predicted molar refractivity (Wildman–Crippen MR) is 168 cm³/mol. The third-order valence-corrected chi connectivity index (χ3v) is 8.92. The molecule has 2 aromatic heterocycles. The van der Waals surface area contributed by atoms with E-state index in [-0.39, 0.29) is 47.2 Å². The largest absolute Gasteiger partial charge is 0.338 e. The lowest BCUT2D eigenvalue weighted by molar-refractivity contribution is 0.0712. The van der Waals surface area contributed by atoms with Crippen molar-refractivity contribution in [2.45, 2.75) is 31.7 Å². The minimum Gasteiger partial charge on any atom is -0.338 e. The minimum atomic E-state index is -4.41. The number of nitrogens with two attached hydrogens (primary N) is 1. The Balaban J connectivity index is 1.40. The Bertz CT molecular complexity index is 1890. The van der Waals surface area contributed by atoms with E-state index in [0.29, 0.717) is 24.6 Å². The third kappa shape index (κ3) is 6.10. The summed E-state index contributed by atoms with van der Waals surface area (Å²) >= 11 is 0. The zero-order valence-electron chi connectivity index (χ0n) is 24.0. The summed E-state index contributed by atoms with van der Waals surface area (Å²) in [4.78, 5) is 33.6. The molecule has 0 aliphatic carbocycles. The van der Waals surface area contributed by atoms with E-state index in [4.69, 9.17) is 5.14 Å². The van der Waals surface area contributed by atoms with E-state index in [0.717, 1.165) is 22.7 Å². The van der Waals surface area contributed by atoms with Crippen LogP contribution in [0.1, 0.15) is 56.2 Å². The van der Waals surface area contributed by atoms with E-state index < -0.39 is 10.2 Å². The molecule has 2 N–H and O–H groups in total. The number of carbonyl (C=O) groups is 2. The van der Waals surface area contributed by atoms with Crippen LogP contribution >= 0.6 is 0 Å². The van der Waals surface area contributed by atoms with Gasteiger partial charge in [-0.25, -0.2) is 14.4 Å². The molecule has 1 aliphatic rings. The topological polar surface area (TPSA) is 131 Å². The first-order valence-electron chi connectivity index (χ1n) is 14.4. The second-order valence-corrected chi connectivity index (χ2v) is 12.4. The van der Waals surface area contributed by atoms with Gasteiger partial charge in [-0.15, -0.1) is 0 Å². The smallest absolute Gasteiger partial charge is 0.300 e. The quantitative estimate of drug-likeness (QED) is 0.247. The number of aromatic nitrogens is 3. The van der Waals surface area contributed by atoms with Gasteiger partial charge >= 0.3 is 10.2 Å². The molecule has 5 aromatic rings. The van der Waals surface area contributed by atoms with Gasteiger partial charge in [-0.05, 0) is 35.4 Å². The van der Waals surface area contributed by atoms with Gasteiger partial charge in [0.1, 0.15) is 5.56 Å². The van der Waals surface area contributed by atoms with Crippen molar-refractivity contribution >= 4 is 33.4 Å². The summed E-state index contributed by atoms with van der Waals surface area (Å²) in [6, 6.07) is 28.4. The van der Waals surface area contributed by atoms with Crippen molar-refractivity contribution in [3.8, 4) is 0 Å². The Morgan fingerprint density at radius 1 is 0.818 bits per heavy atom. The molecule has 3 aromatic carbocycles. The Kier molecular flexibility index (Phi) is 8.23. The number of Topliss-reactive ketones (excluding diaryl/α,β-unsaturated/α-hetero) is 1. The van der Waals surface area contributed by atoms with E-state index in [2.05, 4.69) is 22.2 Å². The molecule has 1 saturated heterocycles. The van der Waals surface area contributed by atoms with Crippen LogP contribution in [0.3, 0.4) is 0 Å². The third-order valence-electron chi connectivity index (χ3n) is 8.01. The highest BCUT2D eigenvalue weighted by molar-refractivity contribution is 7.90. The van der Waals surface area contributed by atoms with Crippen LogP contribution in [0.4, 0.5) is 5.82 Å². The maximum absolute atomic E-state index is 14.1. The van der Waals surface area contributed by atoms with Gasteiger partial charge in [-0.1, -0.05) is 91.0 Å². The first-order chi connectivity index (χ1) is 21.3. The normalized spacial score (nSPS) is 14.1. The van der Waals surface area contributed by atoms with Gasteiger partial charge in [0.25, 0.3) is 5.91 Å². The van der Waals surface area contributed by atoms with Gasteiger partial charge in [0, 0.05) is 25.7 Å². The summed E-state index contributed by atoms with van der Waals surface area (Å²) in [7, 11) is -4.41. The summed E-state index contributed by atoms with van der Waals surface area (Å²) in [5.74, 6) is -0.355. The Morgan fingerprint density at radius 2 is 1.41 bits per heavy atom. The molecule has 0 spiro atoms. The predicted octanol–water partition coefficient (Wildman–Crippen LogP) is 4.38. The second kappa shape index (κ2) is 12.4. The summed E-state index contributed by atoms with van der Waals surface area (Å²) < 4.78 is 28.5. The van der Waals surface area contributed by atoms with E-state index in [1.54, 1.807) is 29.2 Å². The number of anilines is 1. The summed E-state index contributed by atoms with van der Waals surface area (Å²) in [6.07, 6.45) is 4.34. The highest BCUT2D eigenvalue weighted by Gasteiger charge is 2.33. The summed E-state index contributed by atoms with van der Waals surface area (Å²) in [5, 5.41) is 10.2.